The van der Waals surface area contributed by atoms with E-state index in [0.717, 1.165) is 27.8 Å². The second-order valence-electron chi connectivity index (χ2n) is 6.42. The minimum absolute atomic E-state index is 0.623. The molecule has 0 aliphatic carbocycles. The lowest BCUT2D eigenvalue weighted by atomic mass is 10.0. The van der Waals surface area contributed by atoms with E-state index in [-0.39, 0.29) is 0 Å². The minimum Gasteiger partial charge on any atom is -0.309 e. The van der Waals surface area contributed by atoms with Gasteiger partial charge in [-0.1, -0.05) is 54.6 Å². The van der Waals surface area contributed by atoms with Crippen molar-refractivity contribution in [1.82, 2.24) is 9.55 Å². The van der Waals surface area contributed by atoms with Crippen LogP contribution in [0.15, 0.2) is 91.3 Å². The van der Waals surface area contributed by atoms with Crippen LogP contribution in [0.1, 0.15) is 5.56 Å². The third-order valence-electron chi connectivity index (χ3n) is 4.96. The Morgan fingerprint density at radius 1 is 0.704 bits per heavy atom. The number of rotatable bonds is 2. The zero-order valence-electron chi connectivity index (χ0n) is 14.5. The third-order valence-corrected chi connectivity index (χ3v) is 4.96. The lowest BCUT2D eigenvalue weighted by molar-refractivity contribution is 1.18. The summed E-state index contributed by atoms with van der Waals surface area (Å²) in [5, 5.41) is 12.0. The van der Waals surface area contributed by atoms with Gasteiger partial charge in [-0.15, -0.1) is 0 Å². The van der Waals surface area contributed by atoms with Crippen molar-refractivity contribution in [1.29, 1.82) is 5.26 Å². The first-order valence-corrected chi connectivity index (χ1v) is 8.80. The fourth-order valence-electron chi connectivity index (χ4n) is 3.79. The highest BCUT2D eigenvalue weighted by molar-refractivity contribution is 6.09. The Morgan fingerprint density at radius 3 is 2.04 bits per heavy atom. The maximum absolute atomic E-state index is 9.56. The summed E-state index contributed by atoms with van der Waals surface area (Å²) in [6.45, 7) is 0. The standard InChI is InChI=1S/C24H15N3/c25-15-17-13-14-26-16-21(17)20-9-3-6-12-24(20)27-22-10-4-1-7-18(22)19-8-2-5-11-23(19)27/h1-14,16H. The smallest absolute Gasteiger partial charge is 0.0999 e. The Balaban J connectivity index is 1.92. The summed E-state index contributed by atoms with van der Waals surface area (Å²) >= 11 is 0. The quantitative estimate of drug-likeness (QED) is 0.411. The zero-order valence-corrected chi connectivity index (χ0v) is 14.5. The van der Waals surface area contributed by atoms with E-state index in [1.807, 2.05) is 12.1 Å². The maximum Gasteiger partial charge on any atom is 0.0999 e. The molecule has 5 rings (SSSR count). The van der Waals surface area contributed by atoms with E-state index in [1.165, 1.54) is 10.8 Å². The molecule has 0 bridgehead atoms. The predicted octanol–water partition coefficient (Wildman–Crippen LogP) is 5.72. The average Bonchev–Trinajstić information content (AvgIpc) is 3.08. The van der Waals surface area contributed by atoms with Gasteiger partial charge in [0.15, 0.2) is 0 Å². The van der Waals surface area contributed by atoms with Gasteiger partial charge in [0.2, 0.25) is 0 Å². The molecule has 2 heterocycles. The molecular formula is C24H15N3. The molecule has 0 aliphatic rings. The fraction of sp³-hybridized carbons (Fsp3) is 0. The van der Waals surface area contributed by atoms with Crippen molar-refractivity contribution in [3.05, 3.63) is 96.8 Å². The van der Waals surface area contributed by atoms with Crippen molar-refractivity contribution in [3.63, 3.8) is 0 Å². The molecule has 126 valence electrons. The summed E-state index contributed by atoms with van der Waals surface area (Å²) in [6.07, 6.45) is 3.43. The van der Waals surface area contributed by atoms with Crippen LogP contribution in [0.3, 0.4) is 0 Å². The van der Waals surface area contributed by atoms with E-state index in [2.05, 4.69) is 76.3 Å². The van der Waals surface area contributed by atoms with Crippen molar-refractivity contribution < 1.29 is 0 Å². The molecule has 3 nitrogen and oxygen atoms in total. The van der Waals surface area contributed by atoms with Gasteiger partial charge in [0, 0.05) is 34.3 Å². The Hall–Kier alpha value is -3.90. The highest BCUT2D eigenvalue weighted by Crippen LogP contribution is 2.36. The third kappa shape index (κ3) is 2.32. The van der Waals surface area contributed by atoms with Crippen molar-refractivity contribution in [2.75, 3.05) is 0 Å². The summed E-state index contributed by atoms with van der Waals surface area (Å²) in [5.74, 6) is 0. The van der Waals surface area contributed by atoms with Gasteiger partial charge in [0.1, 0.15) is 0 Å². The number of hydrogen-bond donors (Lipinski definition) is 0. The molecule has 3 heteroatoms. The fourth-order valence-corrected chi connectivity index (χ4v) is 3.79. The van der Waals surface area contributed by atoms with Crippen LogP contribution in [0, 0.1) is 11.3 Å². The number of hydrogen-bond acceptors (Lipinski definition) is 2. The number of benzene rings is 3. The monoisotopic (exact) mass is 345 g/mol. The highest BCUT2D eigenvalue weighted by atomic mass is 15.0. The number of aromatic nitrogens is 2. The summed E-state index contributed by atoms with van der Waals surface area (Å²) in [6, 6.07) is 29.1. The molecule has 0 aliphatic heterocycles. The van der Waals surface area contributed by atoms with Crippen molar-refractivity contribution >= 4 is 21.8 Å². The van der Waals surface area contributed by atoms with E-state index >= 15 is 0 Å². The molecule has 0 spiro atoms. The van der Waals surface area contributed by atoms with Gasteiger partial charge in [0.05, 0.1) is 28.4 Å². The van der Waals surface area contributed by atoms with Crippen LogP contribution in [0.4, 0.5) is 0 Å². The molecule has 3 aromatic carbocycles. The molecule has 0 atom stereocenters. The van der Waals surface area contributed by atoms with Crippen LogP contribution in [0.25, 0.3) is 38.6 Å². The Kier molecular flexibility index (Phi) is 3.48. The van der Waals surface area contributed by atoms with Gasteiger partial charge in [-0.05, 0) is 24.3 Å². The van der Waals surface area contributed by atoms with Crippen LogP contribution in [0.5, 0.6) is 0 Å². The maximum atomic E-state index is 9.56. The van der Waals surface area contributed by atoms with Crippen LogP contribution in [-0.4, -0.2) is 9.55 Å². The van der Waals surface area contributed by atoms with E-state index < -0.39 is 0 Å². The summed E-state index contributed by atoms with van der Waals surface area (Å²) in [4.78, 5) is 4.26. The minimum atomic E-state index is 0.623. The molecule has 27 heavy (non-hydrogen) atoms. The number of pyridine rings is 1. The molecule has 0 saturated heterocycles. The molecule has 0 saturated carbocycles. The summed E-state index contributed by atoms with van der Waals surface area (Å²) in [7, 11) is 0. The van der Waals surface area contributed by atoms with E-state index in [9.17, 15) is 5.26 Å². The SMILES string of the molecule is N#Cc1ccncc1-c1ccccc1-n1c2ccccc2c2ccccc21. The van der Waals surface area contributed by atoms with Crippen molar-refractivity contribution in [3.8, 4) is 22.9 Å². The molecule has 0 unspecified atom stereocenters. The van der Waals surface area contributed by atoms with Gasteiger partial charge in [-0.2, -0.15) is 5.26 Å². The summed E-state index contributed by atoms with van der Waals surface area (Å²) < 4.78 is 2.27. The Morgan fingerprint density at radius 2 is 1.33 bits per heavy atom. The Bertz CT molecular complexity index is 1290. The number of nitriles is 1. The first kappa shape index (κ1) is 15.4. The van der Waals surface area contributed by atoms with Gasteiger partial charge in [-0.25, -0.2) is 0 Å². The normalized spacial score (nSPS) is 10.9. The number of nitrogens with zero attached hydrogens (tertiary/aromatic N) is 3. The molecule has 2 aromatic heterocycles. The topological polar surface area (TPSA) is 41.6 Å². The van der Waals surface area contributed by atoms with E-state index in [4.69, 9.17) is 0 Å². The molecule has 0 fully saturated rings. The molecule has 0 radical (unpaired) electrons. The summed E-state index contributed by atoms with van der Waals surface area (Å²) in [5.41, 5.74) is 5.80. The lowest BCUT2D eigenvalue weighted by Gasteiger charge is -2.14. The second-order valence-corrected chi connectivity index (χ2v) is 6.42. The Labute approximate surface area is 156 Å². The highest BCUT2D eigenvalue weighted by Gasteiger charge is 2.16. The van der Waals surface area contributed by atoms with Crippen LogP contribution in [0.2, 0.25) is 0 Å². The predicted molar refractivity (Wildman–Crippen MR) is 109 cm³/mol. The van der Waals surface area contributed by atoms with Gasteiger partial charge in [0.25, 0.3) is 0 Å². The first-order chi connectivity index (χ1) is 13.4. The average molecular weight is 345 g/mol. The second kappa shape index (κ2) is 6.12. The first-order valence-electron chi connectivity index (χ1n) is 8.80. The van der Waals surface area contributed by atoms with Crippen molar-refractivity contribution in [2.24, 2.45) is 0 Å². The van der Waals surface area contributed by atoms with E-state index in [1.54, 1.807) is 18.5 Å². The molecule has 0 amide bonds. The molecule has 0 N–H and O–H groups in total. The number of fused-ring (bicyclic) bond motifs is 3. The van der Waals surface area contributed by atoms with Crippen LogP contribution < -0.4 is 0 Å². The molecular weight excluding hydrogens is 330 g/mol. The van der Waals surface area contributed by atoms with Crippen molar-refractivity contribution in [2.45, 2.75) is 0 Å². The van der Waals surface area contributed by atoms with Crippen LogP contribution >= 0.6 is 0 Å². The lowest BCUT2D eigenvalue weighted by Crippen LogP contribution is -1.98. The van der Waals surface area contributed by atoms with Gasteiger partial charge < -0.3 is 4.57 Å². The largest absolute Gasteiger partial charge is 0.309 e. The molecule has 5 aromatic rings. The number of para-hydroxylation sites is 3. The van der Waals surface area contributed by atoms with E-state index in [0.29, 0.717) is 5.56 Å². The van der Waals surface area contributed by atoms with Gasteiger partial charge >= 0.3 is 0 Å². The van der Waals surface area contributed by atoms with Gasteiger partial charge in [-0.3, -0.25) is 4.98 Å². The van der Waals surface area contributed by atoms with Crippen LogP contribution in [-0.2, 0) is 0 Å². The zero-order chi connectivity index (χ0) is 18.2.